The number of aliphatic imine (C=N–C) groups is 1. The second kappa shape index (κ2) is 4.33. The van der Waals surface area contributed by atoms with Gasteiger partial charge in [-0.05, 0) is 19.1 Å². The second-order valence-corrected chi connectivity index (χ2v) is 5.47. The molecule has 1 N–H and O–H groups in total. The average Bonchev–Trinajstić information content (AvgIpc) is 2.56. The lowest BCUT2D eigenvalue weighted by Gasteiger charge is -2.37. The molecule has 0 spiro atoms. The fraction of sp³-hybridized carbons (Fsp3) is 0.727. The number of hydrogen-bond donors (Lipinski definition) is 1. The van der Waals surface area contributed by atoms with Gasteiger partial charge in [0.25, 0.3) is 0 Å². The van der Waals surface area contributed by atoms with E-state index in [0.717, 1.165) is 0 Å². The Hall–Kier alpha value is -1.04. The Morgan fingerprint density at radius 3 is 2.47 bits per heavy atom. The number of rotatable bonds is 3. The summed E-state index contributed by atoms with van der Waals surface area (Å²) in [6, 6.07) is -0.255. The minimum absolute atomic E-state index is 0.0522. The quantitative estimate of drug-likeness (QED) is 0.758. The molecule has 94 valence electrons. The summed E-state index contributed by atoms with van der Waals surface area (Å²) in [5, 5.41) is 8.95. The predicted molar refractivity (Wildman–Crippen MR) is 64.4 cm³/mol. The Labute approximate surface area is 104 Å². The molecular formula is C11H15NO4S. The molecular weight excluding hydrogens is 242 g/mol. The SMILES string of the molecule is CSC1C(C(=O)O)=N[C@@H]([C@@H]2C(=O)O[C@@H]2C)[C@H]1C. The molecule has 2 aliphatic rings. The van der Waals surface area contributed by atoms with Crippen LogP contribution in [0.3, 0.4) is 0 Å². The summed E-state index contributed by atoms with van der Waals surface area (Å²) < 4.78 is 4.91. The fourth-order valence-electron chi connectivity index (χ4n) is 2.56. The standard InChI is InChI=1S/C11H15NO4S/c1-4-7(6-5(2)16-11(6)15)12-8(10(13)14)9(4)17-3/h4-7,9H,1-3H3,(H,13,14)/t4-,5-,6-,7-,9?/m1/s1. The predicted octanol–water partition coefficient (Wildman–Crippen LogP) is 0.823. The molecule has 0 aromatic heterocycles. The zero-order valence-electron chi connectivity index (χ0n) is 9.91. The smallest absolute Gasteiger partial charge is 0.350 e. The van der Waals surface area contributed by atoms with E-state index in [1.165, 1.54) is 11.8 Å². The van der Waals surface area contributed by atoms with Gasteiger partial charge in [-0.1, -0.05) is 6.92 Å². The summed E-state index contributed by atoms with van der Waals surface area (Å²) in [6.45, 7) is 3.77. The molecule has 2 aliphatic heterocycles. The summed E-state index contributed by atoms with van der Waals surface area (Å²) in [5.74, 6) is -1.48. The van der Waals surface area contributed by atoms with Gasteiger partial charge in [0.05, 0.1) is 11.3 Å². The van der Waals surface area contributed by atoms with Gasteiger partial charge in [0.2, 0.25) is 0 Å². The summed E-state index contributed by atoms with van der Waals surface area (Å²) >= 11 is 1.47. The van der Waals surface area contributed by atoms with E-state index in [9.17, 15) is 9.59 Å². The lowest BCUT2D eigenvalue weighted by molar-refractivity contribution is -0.184. The van der Waals surface area contributed by atoms with E-state index in [1.54, 1.807) is 0 Å². The zero-order chi connectivity index (χ0) is 12.7. The Balaban J connectivity index is 2.25. The van der Waals surface area contributed by atoms with Crippen LogP contribution in [0.1, 0.15) is 13.8 Å². The molecule has 0 saturated carbocycles. The summed E-state index contributed by atoms with van der Waals surface area (Å²) in [7, 11) is 0. The molecule has 0 radical (unpaired) electrons. The maximum Gasteiger partial charge on any atom is 0.350 e. The molecule has 0 bridgehead atoms. The highest BCUT2D eigenvalue weighted by Gasteiger charge is 2.52. The van der Waals surface area contributed by atoms with Crippen molar-refractivity contribution in [3.05, 3.63) is 0 Å². The number of carboxylic acid groups (broad SMARTS) is 1. The molecule has 17 heavy (non-hydrogen) atoms. The third-order valence-corrected chi connectivity index (χ3v) is 4.66. The number of carboxylic acids is 1. The lowest BCUT2D eigenvalue weighted by Crippen LogP contribution is -2.51. The molecule has 5 atom stereocenters. The van der Waals surface area contributed by atoms with Gasteiger partial charge in [0.15, 0.2) is 0 Å². The number of nitrogens with zero attached hydrogens (tertiary/aromatic N) is 1. The fourth-order valence-corrected chi connectivity index (χ4v) is 3.54. The first kappa shape index (κ1) is 12.4. The third kappa shape index (κ3) is 1.84. The van der Waals surface area contributed by atoms with Crippen LogP contribution in [0.15, 0.2) is 4.99 Å². The number of esters is 1. The van der Waals surface area contributed by atoms with E-state index in [1.807, 2.05) is 20.1 Å². The highest BCUT2D eigenvalue weighted by atomic mass is 32.2. The van der Waals surface area contributed by atoms with Crippen molar-refractivity contribution in [3.8, 4) is 0 Å². The van der Waals surface area contributed by atoms with Crippen LogP contribution in [0.2, 0.25) is 0 Å². The van der Waals surface area contributed by atoms with Gasteiger partial charge in [-0.25, -0.2) is 4.79 Å². The number of aliphatic carboxylic acids is 1. The van der Waals surface area contributed by atoms with E-state index in [0.29, 0.717) is 0 Å². The van der Waals surface area contributed by atoms with Gasteiger partial charge < -0.3 is 9.84 Å². The van der Waals surface area contributed by atoms with Crippen LogP contribution >= 0.6 is 11.8 Å². The van der Waals surface area contributed by atoms with Crippen LogP contribution in [0, 0.1) is 11.8 Å². The average molecular weight is 257 g/mol. The Morgan fingerprint density at radius 1 is 1.47 bits per heavy atom. The molecule has 5 nitrogen and oxygen atoms in total. The lowest BCUT2D eigenvalue weighted by atomic mass is 9.83. The number of ether oxygens (including phenoxy) is 1. The first-order chi connectivity index (χ1) is 7.97. The molecule has 1 saturated heterocycles. The van der Waals surface area contributed by atoms with Crippen LogP contribution in [0.25, 0.3) is 0 Å². The van der Waals surface area contributed by atoms with Crippen molar-refractivity contribution >= 4 is 29.4 Å². The van der Waals surface area contributed by atoms with Gasteiger partial charge in [-0.2, -0.15) is 11.8 Å². The van der Waals surface area contributed by atoms with Crippen molar-refractivity contribution in [2.24, 2.45) is 16.8 Å². The van der Waals surface area contributed by atoms with E-state index < -0.39 is 5.97 Å². The summed E-state index contributed by atoms with van der Waals surface area (Å²) in [4.78, 5) is 26.7. The van der Waals surface area contributed by atoms with Crippen molar-refractivity contribution in [2.75, 3.05) is 6.26 Å². The van der Waals surface area contributed by atoms with Crippen molar-refractivity contribution in [3.63, 3.8) is 0 Å². The summed E-state index contributed by atoms with van der Waals surface area (Å²) in [6.07, 6.45) is 1.71. The van der Waals surface area contributed by atoms with E-state index in [-0.39, 0.29) is 40.9 Å². The van der Waals surface area contributed by atoms with Crippen molar-refractivity contribution < 1.29 is 19.4 Å². The van der Waals surface area contributed by atoms with Crippen LogP contribution in [-0.2, 0) is 14.3 Å². The number of thioether (sulfide) groups is 1. The van der Waals surface area contributed by atoms with Crippen LogP contribution in [0.4, 0.5) is 0 Å². The molecule has 0 aromatic carbocycles. The third-order valence-electron chi connectivity index (χ3n) is 3.49. The zero-order valence-corrected chi connectivity index (χ0v) is 10.7. The van der Waals surface area contributed by atoms with E-state index in [2.05, 4.69) is 4.99 Å². The van der Waals surface area contributed by atoms with Crippen LogP contribution in [0.5, 0.6) is 0 Å². The highest BCUT2D eigenvalue weighted by Crippen LogP contribution is 2.39. The topological polar surface area (TPSA) is 76.0 Å². The van der Waals surface area contributed by atoms with Gasteiger partial charge in [-0.3, -0.25) is 9.79 Å². The summed E-state index contributed by atoms with van der Waals surface area (Å²) in [5.41, 5.74) is 0.182. The van der Waals surface area contributed by atoms with Gasteiger partial charge >= 0.3 is 11.9 Å². The van der Waals surface area contributed by atoms with Gasteiger partial charge in [0, 0.05) is 0 Å². The van der Waals surface area contributed by atoms with E-state index in [4.69, 9.17) is 9.84 Å². The number of carbonyl (C=O) groups is 2. The molecule has 1 unspecified atom stereocenters. The molecule has 2 rings (SSSR count). The maximum atomic E-state index is 11.4. The van der Waals surface area contributed by atoms with Crippen molar-refractivity contribution in [1.82, 2.24) is 0 Å². The molecule has 0 amide bonds. The molecule has 2 heterocycles. The van der Waals surface area contributed by atoms with Crippen LogP contribution in [-0.4, -0.2) is 46.4 Å². The minimum Gasteiger partial charge on any atom is -0.477 e. The first-order valence-electron chi connectivity index (χ1n) is 5.51. The van der Waals surface area contributed by atoms with Crippen molar-refractivity contribution in [2.45, 2.75) is 31.2 Å². The Kier molecular flexibility index (Phi) is 3.16. The largest absolute Gasteiger partial charge is 0.477 e. The van der Waals surface area contributed by atoms with E-state index >= 15 is 0 Å². The number of carbonyl (C=O) groups excluding carboxylic acids is 1. The molecule has 0 aliphatic carbocycles. The second-order valence-electron chi connectivity index (χ2n) is 4.49. The van der Waals surface area contributed by atoms with Gasteiger partial charge in [0.1, 0.15) is 17.7 Å². The maximum absolute atomic E-state index is 11.4. The van der Waals surface area contributed by atoms with Gasteiger partial charge in [-0.15, -0.1) is 0 Å². The minimum atomic E-state index is -0.987. The normalized spacial score (nSPS) is 40.5. The molecule has 0 aromatic rings. The van der Waals surface area contributed by atoms with Crippen LogP contribution < -0.4 is 0 Å². The molecule has 1 fully saturated rings. The first-order valence-corrected chi connectivity index (χ1v) is 6.80. The highest BCUT2D eigenvalue weighted by molar-refractivity contribution is 8.00. The van der Waals surface area contributed by atoms with Crippen molar-refractivity contribution in [1.29, 1.82) is 0 Å². The number of cyclic esters (lactones) is 1. The molecule has 6 heteroatoms. The monoisotopic (exact) mass is 257 g/mol. The Morgan fingerprint density at radius 2 is 2.12 bits per heavy atom. The Bertz CT molecular complexity index is 395. The number of hydrogen-bond acceptors (Lipinski definition) is 5.